The Labute approximate surface area is 106 Å². The van der Waals surface area contributed by atoms with E-state index in [4.69, 9.17) is 5.11 Å². The molecule has 0 bridgehead atoms. The van der Waals surface area contributed by atoms with Gasteiger partial charge < -0.3 is 10.4 Å². The lowest BCUT2D eigenvalue weighted by molar-refractivity contribution is 0.251. The van der Waals surface area contributed by atoms with Gasteiger partial charge in [-0.25, -0.2) is 9.67 Å². The number of aromatic nitrogens is 3. The molecule has 0 fully saturated rings. The standard InChI is InChI=1S/C13H18N4O/c1-10-5-12(6-15-11(2)7-18)3-4-13(10)17-9-14-8-16-17/h3-5,8-9,11,15,18H,6-7H2,1-2H3/t11-/m1/s1. The molecule has 5 nitrogen and oxygen atoms in total. The monoisotopic (exact) mass is 246 g/mol. The molecule has 0 spiro atoms. The Kier molecular flexibility index (Phi) is 4.07. The van der Waals surface area contributed by atoms with E-state index in [1.54, 1.807) is 11.0 Å². The molecule has 0 saturated carbocycles. The molecule has 0 aliphatic carbocycles. The van der Waals surface area contributed by atoms with Gasteiger partial charge in [0.15, 0.2) is 0 Å². The minimum atomic E-state index is 0.111. The first kappa shape index (κ1) is 12.7. The summed E-state index contributed by atoms with van der Waals surface area (Å²) in [6, 6.07) is 6.32. The largest absolute Gasteiger partial charge is 0.395 e. The minimum absolute atomic E-state index is 0.111. The van der Waals surface area contributed by atoms with Crippen molar-refractivity contribution in [2.45, 2.75) is 26.4 Å². The van der Waals surface area contributed by atoms with Crippen LogP contribution in [0.4, 0.5) is 0 Å². The molecule has 0 unspecified atom stereocenters. The van der Waals surface area contributed by atoms with Crippen LogP contribution in [-0.4, -0.2) is 32.5 Å². The molecule has 96 valence electrons. The molecule has 0 aliphatic rings. The Morgan fingerprint density at radius 1 is 1.44 bits per heavy atom. The van der Waals surface area contributed by atoms with Gasteiger partial charge in [-0.3, -0.25) is 0 Å². The SMILES string of the molecule is Cc1cc(CN[C@H](C)CO)ccc1-n1cncn1. The maximum absolute atomic E-state index is 8.96. The van der Waals surface area contributed by atoms with Crippen molar-refractivity contribution in [1.82, 2.24) is 20.1 Å². The fraction of sp³-hybridized carbons (Fsp3) is 0.385. The van der Waals surface area contributed by atoms with Crippen LogP contribution in [0, 0.1) is 6.92 Å². The summed E-state index contributed by atoms with van der Waals surface area (Å²) < 4.78 is 1.75. The molecule has 1 heterocycles. The Morgan fingerprint density at radius 2 is 2.28 bits per heavy atom. The van der Waals surface area contributed by atoms with Crippen molar-refractivity contribution in [3.05, 3.63) is 42.0 Å². The van der Waals surface area contributed by atoms with Crippen molar-refractivity contribution < 1.29 is 5.11 Å². The topological polar surface area (TPSA) is 63.0 Å². The van der Waals surface area contributed by atoms with E-state index in [9.17, 15) is 0 Å². The Bertz CT molecular complexity index is 496. The summed E-state index contributed by atoms with van der Waals surface area (Å²) in [5, 5.41) is 16.3. The van der Waals surface area contributed by atoms with E-state index in [2.05, 4.69) is 34.5 Å². The number of benzene rings is 1. The first-order valence-corrected chi connectivity index (χ1v) is 5.99. The van der Waals surface area contributed by atoms with Gasteiger partial charge in [0.05, 0.1) is 12.3 Å². The van der Waals surface area contributed by atoms with Crippen LogP contribution < -0.4 is 5.32 Å². The van der Waals surface area contributed by atoms with Gasteiger partial charge in [0.2, 0.25) is 0 Å². The summed E-state index contributed by atoms with van der Waals surface area (Å²) in [6.45, 7) is 4.91. The molecule has 5 heteroatoms. The summed E-state index contributed by atoms with van der Waals surface area (Å²) in [5.74, 6) is 0. The number of hydrogen-bond donors (Lipinski definition) is 2. The predicted molar refractivity (Wildman–Crippen MR) is 69.5 cm³/mol. The second-order valence-corrected chi connectivity index (χ2v) is 4.43. The van der Waals surface area contributed by atoms with E-state index in [0.717, 1.165) is 17.8 Å². The smallest absolute Gasteiger partial charge is 0.138 e. The van der Waals surface area contributed by atoms with Crippen molar-refractivity contribution >= 4 is 0 Å². The number of aryl methyl sites for hydroxylation is 1. The Balaban J connectivity index is 2.10. The van der Waals surface area contributed by atoms with Gasteiger partial charge in [-0.05, 0) is 31.0 Å². The van der Waals surface area contributed by atoms with Gasteiger partial charge in [-0.2, -0.15) is 5.10 Å². The Hall–Kier alpha value is -1.72. The number of rotatable bonds is 5. The molecule has 1 atom stereocenters. The van der Waals surface area contributed by atoms with E-state index >= 15 is 0 Å². The van der Waals surface area contributed by atoms with Crippen molar-refractivity contribution in [3.8, 4) is 5.69 Å². The van der Waals surface area contributed by atoms with Crippen LogP contribution in [0.2, 0.25) is 0 Å². The van der Waals surface area contributed by atoms with E-state index in [-0.39, 0.29) is 12.6 Å². The maximum Gasteiger partial charge on any atom is 0.138 e. The summed E-state index contributed by atoms with van der Waals surface area (Å²) in [4.78, 5) is 3.94. The molecule has 2 aromatic rings. The molecule has 1 aromatic carbocycles. The van der Waals surface area contributed by atoms with Gasteiger partial charge in [-0.15, -0.1) is 0 Å². The summed E-state index contributed by atoms with van der Waals surface area (Å²) >= 11 is 0. The molecular weight excluding hydrogens is 228 g/mol. The second-order valence-electron chi connectivity index (χ2n) is 4.43. The molecule has 0 radical (unpaired) electrons. The van der Waals surface area contributed by atoms with Crippen LogP contribution in [0.3, 0.4) is 0 Å². The lowest BCUT2D eigenvalue weighted by Gasteiger charge is -2.12. The number of aliphatic hydroxyl groups is 1. The lowest BCUT2D eigenvalue weighted by Crippen LogP contribution is -2.28. The minimum Gasteiger partial charge on any atom is -0.395 e. The molecule has 2 rings (SSSR count). The highest BCUT2D eigenvalue weighted by Gasteiger charge is 2.04. The van der Waals surface area contributed by atoms with Crippen LogP contribution in [-0.2, 0) is 6.54 Å². The first-order chi connectivity index (χ1) is 8.70. The quantitative estimate of drug-likeness (QED) is 0.827. The third-order valence-electron chi connectivity index (χ3n) is 2.86. The van der Waals surface area contributed by atoms with Crippen LogP contribution in [0.5, 0.6) is 0 Å². The lowest BCUT2D eigenvalue weighted by atomic mass is 10.1. The fourth-order valence-electron chi connectivity index (χ4n) is 1.77. The average Bonchev–Trinajstić information content (AvgIpc) is 2.89. The molecule has 18 heavy (non-hydrogen) atoms. The van der Waals surface area contributed by atoms with Crippen LogP contribution in [0.25, 0.3) is 5.69 Å². The number of aliphatic hydroxyl groups excluding tert-OH is 1. The fourth-order valence-corrected chi connectivity index (χ4v) is 1.77. The molecule has 1 aromatic heterocycles. The molecule has 0 amide bonds. The zero-order valence-corrected chi connectivity index (χ0v) is 10.7. The number of nitrogens with one attached hydrogen (secondary N) is 1. The van der Waals surface area contributed by atoms with Crippen molar-refractivity contribution in [1.29, 1.82) is 0 Å². The maximum atomic E-state index is 8.96. The summed E-state index contributed by atoms with van der Waals surface area (Å²) in [7, 11) is 0. The number of hydrogen-bond acceptors (Lipinski definition) is 4. The summed E-state index contributed by atoms with van der Waals surface area (Å²) in [5.41, 5.74) is 3.37. The normalized spacial score (nSPS) is 12.6. The molecular formula is C13H18N4O. The highest BCUT2D eigenvalue weighted by Crippen LogP contribution is 2.14. The molecule has 0 saturated heterocycles. The summed E-state index contributed by atoms with van der Waals surface area (Å²) in [6.07, 6.45) is 3.21. The average molecular weight is 246 g/mol. The van der Waals surface area contributed by atoms with Gasteiger partial charge in [-0.1, -0.05) is 12.1 Å². The highest BCUT2D eigenvalue weighted by atomic mass is 16.3. The third-order valence-corrected chi connectivity index (χ3v) is 2.86. The van der Waals surface area contributed by atoms with Crippen molar-refractivity contribution in [2.75, 3.05) is 6.61 Å². The van der Waals surface area contributed by atoms with Crippen LogP contribution >= 0.6 is 0 Å². The van der Waals surface area contributed by atoms with Crippen LogP contribution in [0.1, 0.15) is 18.1 Å². The van der Waals surface area contributed by atoms with E-state index in [0.29, 0.717) is 0 Å². The van der Waals surface area contributed by atoms with Crippen molar-refractivity contribution in [2.24, 2.45) is 0 Å². The first-order valence-electron chi connectivity index (χ1n) is 5.99. The highest BCUT2D eigenvalue weighted by molar-refractivity contribution is 5.41. The van der Waals surface area contributed by atoms with Gasteiger partial charge in [0.1, 0.15) is 12.7 Å². The van der Waals surface area contributed by atoms with E-state index in [1.165, 1.54) is 11.9 Å². The van der Waals surface area contributed by atoms with Gasteiger partial charge in [0.25, 0.3) is 0 Å². The zero-order valence-electron chi connectivity index (χ0n) is 10.7. The molecule has 2 N–H and O–H groups in total. The third kappa shape index (κ3) is 2.94. The van der Waals surface area contributed by atoms with Crippen LogP contribution in [0.15, 0.2) is 30.9 Å². The van der Waals surface area contributed by atoms with Crippen molar-refractivity contribution in [3.63, 3.8) is 0 Å². The van der Waals surface area contributed by atoms with Gasteiger partial charge in [0, 0.05) is 12.6 Å². The zero-order chi connectivity index (χ0) is 13.0. The van der Waals surface area contributed by atoms with E-state index < -0.39 is 0 Å². The predicted octanol–water partition coefficient (Wildman–Crippen LogP) is 1.05. The number of nitrogens with zero attached hydrogens (tertiary/aromatic N) is 3. The Morgan fingerprint density at radius 3 is 2.89 bits per heavy atom. The second kappa shape index (κ2) is 5.75. The van der Waals surface area contributed by atoms with Gasteiger partial charge >= 0.3 is 0 Å². The molecule has 0 aliphatic heterocycles. The van der Waals surface area contributed by atoms with E-state index in [1.807, 2.05) is 13.0 Å².